The topological polar surface area (TPSA) is 300 Å². The summed E-state index contributed by atoms with van der Waals surface area (Å²) in [6.07, 6.45) is 3.08. The largest absolute Gasteiger partial charge is 0.465 e. The van der Waals surface area contributed by atoms with Crippen molar-refractivity contribution in [2.75, 3.05) is 33.0 Å². The van der Waals surface area contributed by atoms with Crippen molar-refractivity contribution in [1.82, 2.24) is 0 Å². The molecular weight excluding hydrogens is 1230 g/mol. The summed E-state index contributed by atoms with van der Waals surface area (Å²) in [6.45, 7) is 22.6. The Bertz CT molecular complexity index is 3310. The number of rotatable bonds is 31. The second kappa shape index (κ2) is 36.3. The normalized spacial score (nSPS) is 18.0. The summed E-state index contributed by atoms with van der Waals surface area (Å²) >= 11 is 2.16. The summed E-state index contributed by atoms with van der Waals surface area (Å²) in [4.78, 5) is 130. The monoisotopic (exact) mass is 1310 g/mol. The zero-order valence-corrected chi connectivity index (χ0v) is 53.6. The molecule has 92 heavy (non-hydrogen) atoms. The summed E-state index contributed by atoms with van der Waals surface area (Å²) in [5.74, 6) is -6.56. The molecule has 3 atom stereocenters. The molecule has 0 spiro atoms. The Balaban J connectivity index is 0.915. The third-order valence-corrected chi connectivity index (χ3v) is 17.6. The maximum atomic E-state index is 13.9. The van der Waals surface area contributed by atoms with Gasteiger partial charge in [-0.2, -0.15) is 0 Å². The smallest absolute Gasteiger partial charge is 0.330 e. The summed E-state index contributed by atoms with van der Waals surface area (Å²) in [6, 6.07) is 15.4. The molecule has 1 heterocycles. The number of carbonyl (C=O) groups is 10. The fraction of sp³-hybridized carbons (Fsp3) is 0.463. The Morgan fingerprint density at radius 1 is 0.533 bits per heavy atom. The van der Waals surface area contributed by atoms with Crippen LogP contribution in [0.3, 0.4) is 0 Å². The van der Waals surface area contributed by atoms with Gasteiger partial charge in [0.15, 0.2) is 0 Å². The molecule has 2 saturated carbocycles. The quantitative estimate of drug-likeness (QED) is 0.0144. The van der Waals surface area contributed by atoms with Crippen molar-refractivity contribution in [2.45, 2.75) is 153 Å². The highest BCUT2D eigenvalue weighted by atomic mass is 32.2. The van der Waals surface area contributed by atoms with Gasteiger partial charge in [0.05, 0.1) is 102 Å². The Labute approximate surface area is 541 Å². The lowest BCUT2D eigenvalue weighted by Gasteiger charge is -2.27. The van der Waals surface area contributed by atoms with E-state index in [-0.39, 0.29) is 75.9 Å². The van der Waals surface area contributed by atoms with E-state index in [9.17, 15) is 53.2 Å². The van der Waals surface area contributed by atoms with Crippen LogP contribution in [-0.4, -0.2) is 111 Å². The van der Waals surface area contributed by atoms with Gasteiger partial charge in [-0.3, -0.25) is 38.4 Å². The van der Waals surface area contributed by atoms with Gasteiger partial charge in [-0.05, 0) is 133 Å². The molecule has 2 aliphatic carbocycles. The number of ether oxygens (including phenoxy) is 11. The number of nitrogens with zero attached hydrogens (tertiary/aromatic N) is 2. The molecule has 23 nitrogen and oxygen atoms in total. The van der Waals surface area contributed by atoms with Gasteiger partial charge in [0, 0.05) is 25.0 Å². The minimum Gasteiger partial charge on any atom is -0.465 e. The number of carbonyl (C=O) groups excluding carboxylic acids is 10. The number of allylic oxidation sites excluding steroid dienone is 1. The third-order valence-electron chi connectivity index (χ3n) is 15.1. The molecule has 0 aromatic heterocycles. The Kier molecular flexibility index (Phi) is 28.5. The molecule has 3 aromatic rings. The fourth-order valence-electron chi connectivity index (χ4n) is 9.69. The minimum absolute atomic E-state index is 0.0137. The summed E-state index contributed by atoms with van der Waals surface area (Å²) in [5.41, 5.74) is 2.45. The zero-order valence-electron chi connectivity index (χ0n) is 51.9. The molecule has 490 valence electrons. The molecule has 0 bridgehead atoms. The summed E-state index contributed by atoms with van der Waals surface area (Å²) < 4.78 is 60.2. The average molecular weight is 1310 g/mol. The van der Waals surface area contributed by atoms with E-state index in [1.807, 2.05) is 6.07 Å². The van der Waals surface area contributed by atoms with Gasteiger partial charge in [0.2, 0.25) is 0 Å². The first-order chi connectivity index (χ1) is 44.1. The summed E-state index contributed by atoms with van der Waals surface area (Å²) in [7, 11) is 0. The van der Waals surface area contributed by atoms with Crippen LogP contribution in [0.4, 0.5) is 0 Å². The van der Waals surface area contributed by atoms with Crippen LogP contribution in [0, 0.1) is 55.4 Å². The predicted octanol–water partition coefficient (Wildman–Crippen LogP) is 10.2. The number of hydrogen-bond acceptors (Lipinski definition) is 24. The van der Waals surface area contributed by atoms with E-state index in [0.717, 1.165) is 46.8 Å². The molecule has 1 aliphatic heterocycles. The van der Waals surface area contributed by atoms with Crippen LogP contribution in [0.2, 0.25) is 0 Å². The third kappa shape index (κ3) is 22.6. The molecule has 3 aromatic carbocycles. The second-order valence-electron chi connectivity index (χ2n) is 22.1. The fourth-order valence-corrected chi connectivity index (χ4v) is 12.3. The van der Waals surface area contributed by atoms with Crippen LogP contribution >= 0.6 is 23.5 Å². The Morgan fingerprint density at radius 2 is 0.913 bits per heavy atom. The predicted molar refractivity (Wildman–Crippen MR) is 330 cm³/mol. The van der Waals surface area contributed by atoms with Crippen molar-refractivity contribution in [2.24, 2.45) is 23.7 Å². The van der Waals surface area contributed by atoms with E-state index in [4.69, 9.17) is 58.7 Å². The van der Waals surface area contributed by atoms with Gasteiger partial charge in [-0.15, -0.1) is 0 Å². The lowest BCUT2D eigenvalue weighted by molar-refractivity contribution is -0.156. The first-order valence-electron chi connectivity index (χ1n) is 30.1. The number of thioether (sulfide) groups is 2. The highest BCUT2D eigenvalue weighted by molar-refractivity contribution is 8.24. The van der Waals surface area contributed by atoms with Crippen LogP contribution in [0.25, 0.3) is 4.85 Å². The molecule has 0 radical (unpaired) electrons. The Hall–Kier alpha value is -8.78. The van der Waals surface area contributed by atoms with Crippen molar-refractivity contribution in [3.63, 3.8) is 0 Å². The zero-order chi connectivity index (χ0) is 66.9. The van der Waals surface area contributed by atoms with Gasteiger partial charge in [-0.25, -0.2) is 19.7 Å². The van der Waals surface area contributed by atoms with Gasteiger partial charge in [0.1, 0.15) is 48.4 Å². The van der Waals surface area contributed by atoms with Crippen LogP contribution in [0.15, 0.2) is 93.6 Å². The van der Waals surface area contributed by atoms with E-state index in [1.54, 1.807) is 83.1 Å². The van der Waals surface area contributed by atoms with Crippen molar-refractivity contribution < 1.29 is 100 Å². The standard InChI is InChI=1S/C67H74N2O21S2/c1-9-53(70)83-36-39(3)82-37-40(4)86-58(75)30-29-56(73)81-34-32-45-13-25-51(26-14-45)88-64(77)47-17-21-49(22-18-47)66(79)90-60-43(7)42(6)59(61-62(60)92-67(91-61)52(35-68)69-8)89-65(78)48-19-15-46(16-20-48)63(76)87-50-23-11-44(12-24-50)31-33-80-55(72)27-28-57(74)84-38-41(5)85-54(71)10-2/h9-14,23-26,39-41,46-49H,1-2,15-22,27-34,36-38H2,3-7H3/b67-52+. The molecule has 0 N–H and O–H groups in total. The second-order valence-corrected chi connectivity index (χ2v) is 24.4. The molecule has 0 amide bonds. The van der Waals surface area contributed by atoms with Crippen molar-refractivity contribution in [1.29, 1.82) is 5.26 Å². The van der Waals surface area contributed by atoms with E-state index >= 15 is 0 Å². The highest BCUT2D eigenvalue weighted by Gasteiger charge is 2.38. The van der Waals surface area contributed by atoms with Gasteiger partial charge in [-0.1, -0.05) is 60.9 Å². The average Bonchev–Trinajstić information content (AvgIpc) is 1.56. The van der Waals surface area contributed by atoms with Crippen molar-refractivity contribution in [3.05, 3.63) is 117 Å². The summed E-state index contributed by atoms with van der Waals surface area (Å²) in [5, 5.41) is 9.83. The van der Waals surface area contributed by atoms with E-state index < -0.39 is 102 Å². The maximum absolute atomic E-state index is 13.9. The molecular formula is C67H74N2O21S2. The lowest BCUT2D eigenvalue weighted by atomic mass is 9.82. The van der Waals surface area contributed by atoms with Gasteiger partial charge < -0.3 is 52.1 Å². The molecule has 25 heteroatoms. The van der Waals surface area contributed by atoms with Crippen LogP contribution in [-0.2, 0) is 93.9 Å². The van der Waals surface area contributed by atoms with Gasteiger partial charge >= 0.3 is 59.7 Å². The number of esters is 10. The van der Waals surface area contributed by atoms with Crippen LogP contribution in [0.5, 0.6) is 23.0 Å². The van der Waals surface area contributed by atoms with Crippen LogP contribution in [0.1, 0.15) is 120 Å². The molecule has 3 unspecified atom stereocenters. The van der Waals surface area contributed by atoms with Crippen LogP contribution < -0.4 is 18.9 Å². The molecule has 2 fully saturated rings. The van der Waals surface area contributed by atoms with E-state index in [2.05, 4.69) is 18.0 Å². The number of hydrogen-bond donors (Lipinski definition) is 0. The van der Waals surface area contributed by atoms with Crippen molar-refractivity contribution in [3.8, 4) is 29.1 Å². The highest BCUT2D eigenvalue weighted by Crippen LogP contribution is 2.61. The van der Waals surface area contributed by atoms with Crippen molar-refractivity contribution >= 4 is 83.2 Å². The number of fused-ring (bicyclic) bond motifs is 1. The molecule has 3 aliphatic rings. The maximum Gasteiger partial charge on any atom is 0.330 e. The first-order valence-corrected chi connectivity index (χ1v) is 31.7. The lowest BCUT2D eigenvalue weighted by Crippen LogP contribution is -2.31. The molecule has 0 saturated heterocycles. The minimum atomic E-state index is -0.676. The number of nitriles is 1. The SMILES string of the molecule is [C-]#[N+]/C(C#N)=C1\Sc2c(OC(=O)C3CCC(C(=O)Oc4ccc(CCOC(=O)CCC(=O)OCC(C)OC(=O)C=C)cc4)CC3)c(C)c(C)c(OC(=O)C3CCC(C(=O)Oc4ccc(CCOC(=O)CCC(=O)OC(C)COC(C)COC(=O)C=C)cc4)CC3)c2S1. The van der Waals surface area contributed by atoms with Gasteiger partial charge in [0.25, 0.3) is 5.70 Å². The Morgan fingerprint density at radius 3 is 1.32 bits per heavy atom. The first kappa shape index (κ1) is 72.3. The van der Waals surface area contributed by atoms with E-state index in [0.29, 0.717) is 101 Å². The molecule has 6 rings (SSSR count). The number of benzene rings is 3. The van der Waals surface area contributed by atoms with E-state index in [1.165, 1.54) is 0 Å².